The van der Waals surface area contributed by atoms with Crippen molar-refractivity contribution < 1.29 is 23.9 Å². The average Bonchev–Trinajstić information content (AvgIpc) is 3.26. The zero-order valence-electron chi connectivity index (χ0n) is 14.6. The van der Waals surface area contributed by atoms with Crippen LogP contribution in [0, 0.1) is 0 Å². The van der Waals surface area contributed by atoms with E-state index in [4.69, 9.17) is 4.42 Å². The summed E-state index contributed by atoms with van der Waals surface area (Å²) < 4.78 is 5.15. The number of rotatable bonds is 8. The van der Waals surface area contributed by atoms with Crippen LogP contribution >= 0.6 is 0 Å². The van der Waals surface area contributed by atoms with Gasteiger partial charge >= 0.3 is 6.03 Å². The van der Waals surface area contributed by atoms with Gasteiger partial charge in [0.2, 0.25) is 5.91 Å². The first-order chi connectivity index (χ1) is 13.1. The van der Waals surface area contributed by atoms with Crippen LogP contribution < -0.4 is 10.6 Å². The molecule has 1 fully saturated rings. The monoisotopic (exact) mass is 371 g/mol. The fourth-order valence-electron chi connectivity index (χ4n) is 2.96. The molecule has 0 aliphatic carbocycles. The fourth-order valence-corrected chi connectivity index (χ4v) is 2.96. The number of carbonyl (C=O) groups excluding carboxylic acids is 3. The zero-order valence-corrected chi connectivity index (χ0v) is 14.6. The van der Waals surface area contributed by atoms with Gasteiger partial charge in [0.05, 0.1) is 31.9 Å². The van der Waals surface area contributed by atoms with Crippen molar-refractivity contribution in [3.63, 3.8) is 0 Å². The third kappa shape index (κ3) is 4.73. The molecular weight excluding hydrogens is 350 g/mol. The van der Waals surface area contributed by atoms with Gasteiger partial charge in [0.25, 0.3) is 5.91 Å². The lowest BCUT2D eigenvalue weighted by Crippen LogP contribution is -2.43. The highest BCUT2D eigenvalue weighted by molar-refractivity contribution is 6.05. The second kappa shape index (κ2) is 8.50. The Morgan fingerprint density at radius 2 is 2.00 bits per heavy atom. The van der Waals surface area contributed by atoms with Gasteiger partial charge < -0.3 is 20.2 Å². The van der Waals surface area contributed by atoms with Gasteiger partial charge in [-0.3, -0.25) is 14.5 Å². The van der Waals surface area contributed by atoms with Crippen molar-refractivity contribution in [3.05, 3.63) is 60.1 Å². The summed E-state index contributed by atoms with van der Waals surface area (Å²) in [7, 11) is 0. The predicted octanol–water partition coefficient (Wildman–Crippen LogP) is 0.810. The molecule has 3 rings (SSSR count). The number of nitrogens with zero attached hydrogens (tertiary/aromatic N) is 1. The molecule has 2 heterocycles. The number of nitrogens with one attached hydrogen (secondary N) is 2. The largest absolute Gasteiger partial charge is 0.467 e. The number of amides is 4. The Bertz CT molecular complexity index is 791. The van der Waals surface area contributed by atoms with E-state index in [0.29, 0.717) is 12.2 Å². The van der Waals surface area contributed by atoms with Gasteiger partial charge in [-0.2, -0.15) is 0 Å². The first kappa shape index (κ1) is 18.7. The summed E-state index contributed by atoms with van der Waals surface area (Å²) in [5.74, 6) is -0.412. The third-order valence-corrected chi connectivity index (χ3v) is 4.30. The zero-order chi connectivity index (χ0) is 19.2. The second-order valence-corrected chi connectivity index (χ2v) is 6.35. The summed E-state index contributed by atoms with van der Waals surface area (Å²) in [6, 6.07) is 10.8. The third-order valence-electron chi connectivity index (χ3n) is 4.30. The van der Waals surface area contributed by atoms with Crippen molar-refractivity contribution in [2.45, 2.75) is 31.5 Å². The highest BCUT2D eigenvalue weighted by atomic mass is 16.3. The minimum atomic E-state index is -0.927. The normalized spacial score (nSPS) is 17.7. The molecule has 0 bridgehead atoms. The molecule has 0 radical (unpaired) electrons. The van der Waals surface area contributed by atoms with Gasteiger partial charge in [-0.05, 0) is 24.1 Å². The lowest BCUT2D eigenvalue weighted by molar-refractivity contribution is -0.131. The van der Waals surface area contributed by atoms with Crippen LogP contribution in [-0.2, 0) is 22.6 Å². The highest BCUT2D eigenvalue weighted by Gasteiger charge is 2.39. The number of aliphatic hydroxyl groups is 1. The molecule has 1 aliphatic rings. The van der Waals surface area contributed by atoms with E-state index in [1.165, 1.54) is 6.26 Å². The maximum Gasteiger partial charge on any atom is 0.325 e. The van der Waals surface area contributed by atoms with E-state index in [2.05, 4.69) is 10.6 Å². The number of carbonyl (C=O) groups is 3. The number of urea groups is 1. The van der Waals surface area contributed by atoms with Gasteiger partial charge in [0.15, 0.2) is 0 Å². The number of hydrogen-bond donors (Lipinski definition) is 3. The van der Waals surface area contributed by atoms with Gasteiger partial charge in [-0.1, -0.05) is 30.3 Å². The minimum absolute atomic E-state index is 0.0169. The quantitative estimate of drug-likeness (QED) is 0.595. The Kier molecular flexibility index (Phi) is 5.87. The van der Waals surface area contributed by atoms with Crippen LogP contribution in [0.1, 0.15) is 17.7 Å². The van der Waals surface area contributed by atoms with Gasteiger partial charge in [0.1, 0.15) is 11.8 Å². The maximum atomic E-state index is 12.4. The Morgan fingerprint density at radius 3 is 2.67 bits per heavy atom. The molecule has 2 atom stereocenters. The number of imide groups is 1. The first-order valence-corrected chi connectivity index (χ1v) is 8.65. The molecule has 0 spiro atoms. The molecule has 142 valence electrons. The molecule has 1 aromatic heterocycles. The summed E-state index contributed by atoms with van der Waals surface area (Å²) in [6.45, 7) is -0.209. The molecule has 1 aliphatic heterocycles. The Labute approximate surface area is 156 Å². The molecule has 8 nitrogen and oxygen atoms in total. The van der Waals surface area contributed by atoms with Gasteiger partial charge in [0, 0.05) is 0 Å². The first-order valence-electron chi connectivity index (χ1n) is 8.65. The van der Waals surface area contributed by atoms with Crippen LogP contribution in [-0.4, -0.2) is 46.5 Å². The van der Waals surface area contributed by atoms with Crippen molar-refractivity contribution in [2.24, 2.45) is 0 Å². The van der Waals surface area contributed by atoms with E-state index < -0.39 is 29.9 Å². The number of furan rings is 1. The summed E-state index contributed by atoms with van der Waals surface area (Å²) in [5.41, 5.74) is 0.978. The van der Waals surface area contributed by atoms with E-state index >= 15 is 0 Å². The summed E-state index contributed by atoms with van der Waals surface area (Å²) in [5, 5.41) is 14.7. The topological polar surface area (TPSA) is 112 Å². The lowest BCUT2D eigenvalue weighted by atomic mass is 10.1. The Hall–Kier alpha value is -3.13. The summed E-state index contributed by atoms with van der Waals surface area (Å²) >= 11 is 0. The Morgan fingerprint density at radius 1 is 1.22 bits per heavy atom. The molecule has 3 N–H and O–H groups in total. The van der Waals surface area contributed by atoms with E-state index in [1.54, 1.807) is 12.1 Å². The van der Waals surface area contributed by atoms with Crippen LogP contribution in [0.5, 0.6) is 0 Å². The van der Waals surface area contributed by atoms with E-state index in [9.17, 15) is 19.5 Å². The number of benzene rings is 1. The molecule has 27 heavy (non-hydrogen) atoms. The molecule has 2 unspecified atom stereocenters. The van der Waals surface area contributed by atoms with Crippen LogP contribution in [0.2, 0.25) is 0 Å². The highest BCUT2D eigenvalue weighted by Crippen LogP contribution is 2.14. The molecule has 2 aromatic rings. The van der Waals surface area contributed by atoms with E-state index in [1.807, 2.05) is 30.3 Å². The van der Waals surface area contributed by atoms with Crippen LogP contribution in [0.25, 0.3) is 0 Å². The molecule has 0 saturated carbocycles. The van der Waals surface area contributed by atoms with E-state index in [0.717, 1.165) is 10.5 Å². The SMILES string of the molecule is O=C(CC1NC(=O)N(Cc2ccco2)C1=O)NC(CO)Cc1ccccc1. The van der Waals surface area contributed by atoms with Crippen molar-refractivity contribution >= 4 is 17.8 Å². The van der Waals surface area contributed by atoms with Crippen molar-refractivity contribution in [1.82, 2.24) is 15.5 Å². The standard InChI is InChI=1S/C19H21N3O5/c23-12-14(9-13-5-2-1-3-6-13)20-17(24)10-16-18(25)22(19(26)21-16)11-15-7-4-8-27-15/h1-8,14,16,23H,9-12H2,(H,20,24)(H,21,26). The fraction of sp³-hybridized carbons (Fsp3) is 0.316. The van der Waals surface area contributed by atoms with E-state index in [-0.39, 0.29) is 19.6 Å². The minimum Gasteiger partial charge on any atom is -0.467 e. The number of hydrogen-bond acceptors (Lipinski definition) is 5. The molecule has 1 aromatic carbocycles. The predicted molar refractivity (Wildman–Crippen MR) is 95.4 cm³/mol. The number of aliphatic hydroxyl groups excluding tert-OH is 1. The van der Waals surface area contributed by atoms with Crippen molar-refractivity contribution in [1.29, 1.82) is 0 Å². The van der Waals surface area contributed by atoms with Gasteiger partial charge in [-0.25, -0.2) is 4.79 Å². The molecule has 4 amide bonds. The smallest absolute Gasteiger partial charge is 0.325 e. The maximum absolute atomic E-state index is 12.4. The van der Waals surface area contributed by atoms with Crippen LogP contribution in [0.4, 0.5) is 4.79 Å². The lowest BCUT2D eigenvalue weighted by Gasteiger charge is -2.17. The van der Waals surface area contributed by atoms with Crippen LogP contribution in [0.3, 0.4) is 0 Å². The van der Waals surface area contributed by atoms with Gasteiger partial charge in [-0.15, -0.1) is 0 Å². The summed E-state index contributed by atoms with van der Waals surface area (Å²) in [6.07, 6.45) is 1.74. The van der Waals surface area contributed by atoms with Crippen LogP contribution in [0.15, 0.2) is 53.1 Å². The molecule has 8 heteroatoms. The van der Waals surface area contributed by atoms with Crippen molar-refractivity contribution in [2.75, 3.05) is 6.61 Å². The van der Waals surface area contributed by atoms with Crippen molar-refractivity contribution in [3.8, 4) is 0 Å². The molecule has 1 saturated heterocycles. The average molecular weight is 371 g/mol. The summed E-state index contributed by atoms with van der Waals surface area (Å²) in [4.78, 5) is 37.7. The Balaban J connectivity index is 1.54. The molecular formula is C19H21N3O5. The second-order valence-electron chi connectivity index (χ2n) is 6.35.